The Morgan fingerprint density at radius 2 is 1.89 bits per heavy atom. The largest absolute Gasteiger partial charge is 0.465 e. The highest BCUT2D eigenvalue weighted by molar-refractivity contribution is 5.75. The Hall–Kier alpha value is -0.610. The normalized spacial score (nSPS) is 19.7. The van der Waals surface area contributed by atoms with Crippen molar-refractivity contribution in [3.8, 4) is 0 Å². The van der Waals surface area contributed by atoms with Gasteiger partial charge in [-0.05, 0) is 53.8 Å². The van der Waals surface area contributed by atoms with E-state index in [4.69, 9.17) is 4.74 Å². The maximum atomic E-state index is 11.9. The summed E-state index contributed by atoms with van der Waals surface area (Å²) in [5.41, 5.74) is 0.259. The fraction of sp³-hybridized carbons (Fsp3) is 0.929. The van der Waals surface area contributed by atoms with Crippen LogP contribution in [0.2, 0.25) is 0 Å². The van der Waals surface area contributed by atoms with Crippen LogP contribution in [0.3, 0.4) is 0 Å². The number of nitrogens with zero attached hydrogens (tertiary/aromatic N) is 2. The second-order valence-corrected chi connectivity index (χ2v) is 5.56. The monoisotopic (exact) mass is 256 g/mol. The van der Waals surface area contributed by atoms with E-state index in [-0.39, 0.29) is 17.6 Å². The number of likely N-dealkylation sites (N-methyl/N-ethyl adjacent to an activating group) is 2. The first kappa shape index (κ1) is 15.4. The van der Waals surface area contributed by atoms with Gasteiger partial charge in [-0.15, -0.1) is 0 Å². The van der Waals surface area contributed by atoms with Crippen LogP contribution in [0, 0.1) is 0 Å². The SMILES string of the molecule is CCOC(=O)C(CC)N(C)CC1(N(C)C)CCC1. The van der Waals surface area contributed by atoms with Crippen LogP contribution >= 0.6 is 0 Å². The number of esters is 1. The Morgan fingerprint density at radius 3 is 2.22 bits per heavy atom. The first-order valence-electron chi connectivity index (χ1n) is 7.01. The van der Waals surface area contributed by atoms with Gasteiger partial charge in [-0.1, -0.05) is 6.92 Å². The Balaban J connectivity index is 2.61. The van der Waals surface area contributed by atoms with E-state index in [0.29, 0.717) is 6.61 Å². The molecule has 0 heterocycles. The fourth-order valence-corrected chi connectivity index (χ4v) is 2.80. The molecule has 1 rings (SSSR count). The quantitative estimate of drug-likeness (QED) is 0.650. The Morgan fingerprint density at radius 1 is 1.28 bits per heavy atom. The molecule has 0 saturated heterocycles. The van der Waals surface area contributed by atoms with Crippen LogP contribution in [0.1, 0.15) is 39.5 Å². The summed E-state index contributed by atoms with van der Waals surface area (Å²) in [6, 6.07) is -0.109. The summed E-state index contributed by atoms with van der Waals surface area (Å²) in [5.74, 6) is -0.0873. The molecule has 0 aromatic heterocycles. The topological polar surface area (TPSA) is 32.8 Å². The van der Waals surface area contributed by atoms with Crippen LogP contribution in [0.5, 0.6) is 0 Å². The molecule has 0 aromatic carbocycles. The van der Waals surface area contributed by atoms with Gasteiger partial charge in [0.15, 0.2) is 0 Å². The molecule has 0 spiro atoms. The highest BCUT2D eigenvalue weighted by atomic mass is 16.5. The van der Waals surface area contributed by atoms with E-state index in [9.17, 15) is 4.79 Å². The summed E-state index contributed by atoms with van der Waals surface area (Å²) in [5, 5.41) is 0. The Labute approximate surface area is 111 Å². The zero-order valence-corrected chi connectivity index (χ0v) is 12.5. The second-order valence-electron chi connectivity index (χ2n) is 5.56. The van der Waals surface area contributed by atoms with Crippen molar-refractivity contribution in [1.82, 2.24) is 9.80 Å². The van der Waals surface area contributed by atoms with E-state index in [1.807, 2.05) is 20.9 Å². The van der Waals surface area contributed by atoms with Crippen LogP contribution in [-0.4, -0.2) is 61.6 Å². The number of rotatable bonds is 7. The second kappa shape index (κ2) is 6.53. The van der Waals surface area contributed by atoms with Crippen LogP contribution in [0.15, 0.2) is 0 Å². The standard InChI is InChI=1S/C14H28N2O2/c1-6-12(13(17)18-7-2)16(5)11-14(15(3)4)9-8-10-14/h12H,6-11H2,1-5H3. The average molecular weight is 256 g/mol. The molecule has 4 heteroatoms. The molecule has 4 nitrogen and oxygen atoms in total. The van der Waals surface area contributed by atoms with Crippen molar-refractivity contribution in [1.29, 1.82) is 0 Å². The van der Waals surface area contributed by atoms with Crippen molar-refractivity contribution in [3.05, 3.63) is 0 Å². The third-order valence-corrected chi connectivity index (χ3v) is 4.25. The van der Waals surface area contributed by atoms with Gasteiger partial charge in [0.2, 0.25) is 0 Å². The molecule has 106 valence electrons. The van der Waals surface area contributed by atoms with E-state index in [1.54, 1.807) is 0 Å². The molecule has 1 aliphatic carbocycles. The fourth-order valence-electron chi connectivity index (χ4n) is 2.80. The molecule has 0 aromatic rings. The van der Waals surface area contributed by atoms with E-state index >= 15 is 0 Å². The maximum absolute atomic E-state index is 11.9. The maximum Gasteiger partial charge on any atom is 0.323 e. The number of ether oxygens (including phenoxy) is 1. The van der Waals surface area contributed by atoms with Gasteiger partial charge in [0.1, 0.15) is 6.04 Å². The smallest absolute Gasteiger partial charge is 0.323 e. The van der Waals surface area contributed by atoms with Gasteiger partial charge >= 0.3 is 5.97 Å². The van der Waals surface area contributed by atoms with Crippen molar-refractivity contribution in [2.45, 2.75) is 51.1 Å². The summed E-state index contributed by atoms with van der Waals surface area (Å²) in [7, 11) is 6.31. The minimum absolute atomic E-state index is 0.0873. The van der Waals surface area contributed by atoms with Crippen LogP contribution in [0.4, 0.5) is 0 Å². The van der Waals surface area contributed by atoms with Crippen molar-refractivity contribution in [3.63, 3.8) is 0 Å². The lowest BCUT2D eigenvalue weighted by molar-refractivity contribution is -0.150. The molecule has 1 saturated carbocycles. The zero-order chi connectivity index (χ0) is 13.8. The molecule has 1 atom stereocenters. The highest BCUT2D eigenvalue weighted by Crippen LogP contribution is 2.37. The van der Waals surface area contributed by atoms with Gasteiger partial charge in [-0.2, -0.15) is 0 Å². The summed E-state index contributed by atoms with van der Waals surface area (Å²) >= 11 is 0. The van der Waals surface area contributed by atoms with Crippen LogP contribution in [0.25, 0.3) is 0 Å². The van der Waals surface area contributed by atoms with Gasteiger partial charge in [-0.25, -0.2) is 0 Å². The average Bonchev–Trinajstić information content (AvgIpc) is 2.24. The zero-order valence-electron chi connectivity index (χ0n) is 12.5. The molecule has 0 amide bonds. The highest BCUT2D eigenvalue weighted by Gasteiger charge is 2.41. The predicted octanol–water partition coefficient (Wildman–Crippen LogP) is 1.74. The Bertz CT molecular complexity index is 275. The van der Waals surface area contributed by atoms with E-state index in [1.165, 1.54) is 19.3 Å². The molecule has 0 bridgehead atoms. The van der Waals surface area contributed by atoms with Gasteiger partial charge < -0.3 is 9.64 Å². The predicted molar refractivity (Wildman–Crippen MR) is 73.6 cm³/mol. The van der Waals surface area contributed by atoms with E-state index < -0.39 is 0 Å². The third-order valence-electron chi connectivity index (χ3n) is 4.25. The van der Waals surface area contributed by atoms with Gasteiger partial charge in [0.05, 0.1) is 6.61 Å². The molecule has 1 fully saturated rings. The molecule has 18 heavy (non-hydrogen) atoms. The van der Waals surface area contributed by atoms with Crippen molar-refractivity contribution >= 4 is 5.97 Å². The molecule has 0 aliphatic heterocycles. The van der Waals surface area contributed by atoms with Crippen molar-refractivity contribution in [2.24, 2.45) is 0 Å². The number of hydrogen-bond donors (Lipinski definition) is 0. The lowest BCUT2D eigenvalue weighted by Crippen LogP contribution is -2.58. The molecule has 0 radical (unpaired) electrons. The van der Waals surface area contributed by atoms with Crippen molar-refractivity contribution in [2.75, 3.05) is 34.3 Å². The minimum Gasteiger partial charge on any atom is -0.465 e. The summed E-state index contributed by atoms with van der Waals surface area (Å²) in [6.45, 7) is 5.30. The summed E-state index contributed by atoms with van der Waals surface area (Å²) in [6.07, 6.45) is 4.55. The number of hydrogen-bond acceptors (Lipinski definition) is 4. The van der Waals surface area contributed by atoms with E-state index in [0.717, 1.165) is 13.0 Å². The van der Waals surface area contributed by atoms with Crippen LogP contribution < -0.4 is 0 Å². The first-order valence-corrected chi connectivity index (χ1v) is 7.01. The first-order chi connectivity index (χ1) is 8.46. The number of carbonyl (C=O) groups excluding carboxylic acids is 1. The molecule has 1 aliphatic rings. The van der Waals surface area contributed by atoms with Gasteiger partial charge in [0.25, 0.3) is 0 Å². The summed E-state index contributed by atoms with van der Waals surface area (Å²) < 4.78 is 5.15. The Kier molecular flexibility index (Phi) is 5.60. The van der Waals surface area contributed by atoms with Crippen LogP contribution in [-0.2, 0) is 9.53 Å². The van der Waals surface area contributed by atoms with Gasteiger partial charge in [-0.3, -0.25) is 9.69 Å². The molecular weight excluding hydrogens is 228 g/mol. The molecule has 0 N–H and O–H groups in total. The third kappa shape index (κ3) is 3.23. The van der Waals surface area contributed by atoms with E-state index in [2.05, 4.69) is 23.9 Å². The van der Waals surface area contributed by atoms with Gasteiger partial charge in [0, 0.05) is 12.1 Å². The molecular formula is C14H28N2O2. The number of carbonyl (C=O) groups is 1. The van der Waals surface area contributed by atoms with Crippen molar-refractivity contribution < 1.29 is 9.53 Å². The summed E-state index contributed by atoms with van der Waals surface area (Å²) in [4.78, 5) is 16.4. The minimum atomic E-state index is -0.109. The lowest BCUT2D eigenvalue weighted by Gasteiger charge is -2.50. The molecule has 1 unspecified atom stereocenters. The lowest BCUT2D eigenvalue weighted by atomic mass is 9.75.